The van der Waals surface area contributed by atoms with Crippen molar-refractivity contribution in [2.75, 3.05) is 39.9 Å². The lowest BCUT2D eigenvalue weighted by molar-refractivity contribution is 0.0781. The van der Waals surface area contributed by atoms with Crippen LogP contribution in [0.3, 0.4) is 0 Å². The Bertz CT molecular complexity index is 1120. The Hall–Kier alpha value is -2.62. The summed E-state index contributed by atoms with van der Waals surface area (Å²) in [6.07, 6.45) is 2.44. The first-order valence-corrected chi connectivity index (χ1v) is 11.0. The molecule has 2 aliphatic heterocycles. The number of hydrogen-bond acceptors (Lipinski definition) is 7. The van der Waals surface area contributed by atoms with Crippen molar-refractivity contribution in [2.45, 2.75) is 38.4 Å². The number of hydrogen-bond donors (Lipinski definition) is 1. The van der Waals surface area contributed by atoms with E-state index in [9.17, 15) is 4.79 Å². The highest BCUT2D eigenvalue weighted by atomic mass is 16.5. The Morgan fingerprint density at radius 1 is 1.26 bits per heavy atom. The molecule has 9 heteroatoms. The largest absolute Gasteiger partial charge is 0.383 e. The average molecular weight is 424 g/mol. The van der Waals surface area contributed by atoms with Crippen LogP contribution in [0.5, 0.6) is 0 Å². The van der Waals surface area contributed by atoms with E-state index < -0.39 is 0 Å². The summed E-state index contributed by atoms with van der Waals surface area (Å²) in [4.78, 5) is 21.3. The fourth-order valence-electron chi connectivity index (χ4n) is 5.04. The Morgan fingerprint density at radius 3 is 3.03 bits per heavy atom. The molecule has 0 radical (unpaired) electrons. The minimum atomic E-state index is -0.303. The van der Waals surface area contributed by atoms with Crippen molar-refractivity contribution in [2.24, 2.45) is 0 Å². The van der Waals surface area contributed by atoms with Gasteiger partial charge in [-0.3, -0.25) is 14.6 Å². The molecule has 0 spiro atoms. The van der Waals surface area contributed by atoms with Crippen molar-refractivity contribution in [3.63, 3.8) is 0 Å². The average Bonchev–Trinajstić information content (AvgIpc) is 3.42. The zero-order valence-electron chi connectivity index (χ0n) is 18.1. The monoisotopic (exact) mass is 423 g/mol. The van der Waals surface area contributed by atoms with E-state index in [2.05, 4.69) is 43.3 Å². The molecule has 0 aliphatic carbocycles. The topological polar surface area (TPSA) is 92.2 Å². The molecule has 0 unspecified atom stereocenters. The molecule has 1 aromatic carbocycles. The summed E-state index contributed by atoms with van der Waals surface area (Å²) in [5.74, 6) is 0.695. The van der Waals surface area contributed by atoms with Gasteiger partial charge < -0.3 is 9.72 Å². The minimum Gasteiger partial charge on any atom is -0.383 e. The van der Waals surface area contributed by atoms with Crippen molar-refractivity contribution in [3.05, 3.63) is 51.6 Å². The summed E-state index contributed by atoms with van der Waals surface area (Å²) in [6.45, 7) is 7.08. The van der Waals surface area contributed by atoms with Gasteiger partial charge in [0.25, 0.3) is 5.56 Å². The molecule has 0 bridgehead atoms. The number of aromatic nitrogens is 5. The van der Waals surface area contributed by atoms with E-state index in [0.717, 1.165) is 36.1 Å². The van der Waals surface area contributed by atoms with Crippen molar-refractivity contribution in [1.29, 1.82) is 0 Å². The number of piperazine rings is 1. The van der Waals surface area contributed by atoms with Crippen molar-refractivity contribution in [3.8, 4) is 0 Å². The minimum absolute atomic E-state index is 0.0866. The molecule has 1 N–H and O–H groups in total. The number of ether oxygens (including phenoxy) is 1. The molecule has 2 saturated heterocycles. The summed E-state index contributed by atoms with van der Waals surface area (Å²) >= 11 is 0. The van der Waals surface area contributed by atoms with Gasteiger partial charge in [0, 0.05) is 43.9 Å². The van der Waals surface area contributed by atoms with E-state index in [0.29, 0.717) is 30.6 Å². The molecule has 31 heavy (non-hydrogen) atoms. The second kappa shape index (κ2) is 8.49. The van der Waals surface area contributed by atoms with E-state index in [4.69, 9.17) is 4.74 Å². The van der Waals surface area contributed by atoms with Crippen LogP contribution in [0.4, 0.5) is 0 Å². The number of nitrogens with zero attached hydrogens (tertiary/aromatic N) is 6. The van der Waals surface area contributed by atoms with Crippen LogP contribution in [0.1, 0.15) is 35.8 Å². The molecule has 2 atom stereocenters. The maximum absolute atomic E-state index is 13.3. The number of methoxy groups -OCH3 is 1. The van der Waals surface area contributed by atoms with E-state index in [1.54, 1.807) is 11.8 Å². The molecule has 0 amide bonds. The molecule has 0 saturated carbocycles. The SMILES string of the molecule is COCCn1nnnc1[C@@H](c1cc2cc(C)ccc2[nH]c1=O)N1CCN2CCC[C@@H]2C1. The Morgan fingerprint density at radius 2 is 2.16 bits per heavy atom. The first-order valence-electron chi connectivity index (χ1n) is 11.0. The number of pyridine rings is 1. The standard InChI is InChI=1S/C22H29N7O2/c1-15-5-6-19-16(12-15)13-18(22(30)23-19)20(21-24-25-26-29(21)10-11-31-2)28-9-8-27-7-3-4-17(27)14-28/h5-6,12-13,17,20H,3-4,7-11,14H2,1-2H3,(H,23,30)/t17-,20-/m1/s1. The van der Waals surface area contributed by atoms with Gasteiger partial charge in [0.15, 0.2) is 5.82 Å². The lowest BCUT2D eigenvalue weighted by atomic mass is 10.0. The molecule has 5 rings (SSSR count). The van der Waals surface area contributed by atoms with Gasteiger partial charge in [0.05, 0.1) is 13.2 Å². The van der Waals surface area contributed by atoms with Crippen molar-refractivity contribution in [1.82, 2.24) is 35.0 Å². The molecule has 9 nitrogen and oxygen atoms in total. The lowest BCUT2D eigenvalue weighted by Crippen LogP contribution is -2.52. The van der Waals surface area contributed by atoms with Gasteiger partial charge in [-0.1, -0.05) is 11.6 Å². The third-order valence-electron chi connectivity index (χ3n) is 6.62. The molecule has 2 fully saturated rings. The number of H-pyrrole nitrogens is 1. The van der Waals surface area contributed by atoms with Gasteiger partial charge in [0.2, 0.25) is 0 Å². The van der Waals surface area contributed by atoms with Crippen LogP contribution in [0.2, 0.25) is 0 Å². The number of benzene rings is 1. The number of rotatable bonds is 6. The zero-order valence-corrected chi connectivity index (χ0v) is 18.1. The van der Waals surface area contributed by atoms with Gasteiger partial charge in [-0.25, -0.2) is 4.68 Å². The maximum Gasteiger partial charge on any atom is 0.253 e. The third-order valence-corrected chi connectivity index (χ3v) is 6.62. The van der Waals surface area contributed by atoms with Crippen LogP contribution < -0.4 is 5.56 Å². The Balaban J connectivity index is 1.60. The predicted molar refractivity (Wildman–Crippen MR) is 117 cm³/mol. The number of aryl methyl sites for hydroxylation is 1. The molecule has 2 aliphatic rings. The Labute approximate surface area is 181 Å². The number of tetrazole rings is 1. The smallest absolute Gasteiger partial charge is 0.253 e. The highest BCUT2D eigenvalue weighted by Gasteiger charge is 2.37. The predicted octanol–water partition coefficient (Wildman–Crippen LogP) is 1.34. The molecular formula is C22H29N7O2. The summed E-state index contributed by atoms with van der Waals surface area (Å²) in [5.41, 5.74) is 2.61. The third kappa shape index (κ3) is 3.88. The van der Waals surface area contributed by atoms with Crippen molar-refractivity contribution >= 4 is 10.9 Å². The number of nitrogens with one attached hydrogen (secondary N) is 1. The van der Waals surface area contributed by atoms with E-state index in [1.807, 2.05) is 18.2 Å². The van der Waals surface area contributed by atoms with Crippen LogP contribution in [0.15, 0.2) is 29.1 Å². The second-order valence-corrected chi connectivity index (χ2v) is 8.63. The van der Waals surface area contributed by atoms with Crippen LogP contribution >= 0.6 is 0 Å². The van der Waals surface area contributed by atoms with Gasteiger partial charge in [-0.2, -0.15) is 0 Å². The summed E-state index contributed by atoms with van der Waals surface area (Å²) in [6, 6.07) is 8.33. The van der Waals surface area contributed by atoms with Gasteiger partial charge >= 0.3 is 0 Å². The molecular weight excluding hydrogens is 394 g/mol. The van der Waals surface area contributed by atoms with Gasteiger partial charge in [-0.05, 0) is 60.3 Å². The van der Waals surface area contributed by atoms with Crippen molar-refractivity contribution < 1.29 is 4.74 Å². The highest BCUT2D eigenvalue weighted by molar-refractivity contribution is 5.79. The van der Waals surface area contributed by atoms with Crippen LogP contribution in [0, 0.1) is 6.92 Å². The number of aromatic amines is 1. The number of fused-ring (bicyclic) bond motifs is 2. The normalized spacial score (nSPS) is 20.9. The first-order chi connectivity index (χ1) is 15.1. The first kappa shape index (κ1) is 20.3. The molecule has 164 valence electrons. The quantitative estimate of drug-likeness (QED) is 0.640. The van der Waals surface area contributed by atoms with E-state index in [1.165, 1.54) is 19.4 Å². The maximum atomic E-state index is 13.3. The molecule has 2 aromatic heterocycles. The summed E-state index contributed by atoms with van der Waals surface area (Å²) in [5, 5.41) is 13.5. The van der Waals surface area contributed by atoms with Gasteiger partial charge in [-0.15, -0.1) is 5.10 Å². The van der Waals surface area contributed by atoms with Crippen LogP contribution in [0.25, 0.3) is 10.9 Å². The summed E-state index contributed by atoms with van der Waals surface area (Å²) in [7, 11) is 1.66. The lowest BCUT2D eigenvalue weighted by Gasteiger charge is -2.41. The molecule has 3 aromatic rings. The second-order valence-electron chi connectivity index (χ2n) is 8.63. The van der Waals surface area contributed by atoms with E-state index >= 15 is 0 Å². The van der Waals surface area contributed by atoms with Crippen LogP contribution in [-0.2, 0) is 11.3 Å². The fourth-order valence-corrected chi connectivity index (χ4v) is 5.04. The zero-order chi connectivity index (χ0) is 21.4. The fraction of sp³-hybridized carbons (Fsp3) is 0.545. The molecule has 4 heterocycles. The van der Waals surface area contributed by atoms with Gasteiger partial charge in [0.1, 0.15) is 6.04 Å². The van der Waals surface area contributed by atoms with E-state index in [-0.39, 0.29) is 11.6 Å². The Kier molecular flexibility index (Phi) is 5.56. The summed E-state index contributed by atoms with van der Waals surface area (Å²) < 4.78 is 7.02. The van der Waals surface area contributed by atoms with Crippen LogP contribution in [-0.4, -0.2) is 80.9 Å². The highest BCUT2D eigenvalue weighted by Crippen LogP contribution is 2.31.